The quantitative estimate of drug-likeness (QED) is 0.331. The third-order valence-electron chi connectivity index (χ3n) is 5.39. The molecule has 2 aromatic heterocycles. The lowest BCUT2D eigenvalue weighted by Crippen LogP contribution is -2.36. The first-order chi connectivity index (χ1) is 17.5. The minimum atomic E-state index is -0.588. The van der Waals surface area contributed by atoms with Gasteiger partial charge in [0, 0.05) is 30.0 Å². The number of anilines is 4. The van der Waals surface area contributed by atoms with Crippen LogP contribution in [-0.2, 0) is 4.74 Å². The van der Waals surface area contributed by atoms with Crippen LogP contribution in [0.15, 0.2) is 54.7 Å². The molecule has 1 aliphatic heterocycles. The van der Waals surface area contributed by atoms with Crippen LogP contribution in [0.3, 0.4) is 0 Å². The molecule has 0 saturated carbocycles. The number of thiazole rings is 1. The average Bonchev–Trinajstić information content (AvgIpc) is 3.33. The van der Waals surface area contributed by atoms with E-state index in [4.69, 9.17) is 27.1 Å². The molecule has 5 rings (SSSR count). The summed E-state index contributed by atoms with van der Waals surface area (Å²) in [7, 11) is 0. The van der Waals surface area contributed by atoms with Crippen LogP contribution in [0.5, 0.6) is 0 Å². The van der Waals surface area contributed by atoms with Gasteiger partial charge in [0.05, 0.1) is 29.5 Å². The zero-order valence-corrected chi connectivity index (χ0v) is 20.4. The Morgan fingerprint density at radius 2 is 1.86 bits per heavy atom. The third kappa shape index (κ3) is 5.38. The minimum absolute atomic E-state index is 0.0217. The molecule has 3 heterocycles. The molecule has 0 bridgehead atoms. The second-order valence-corrected chi connectivity index (χ2v) is 9.27. The lowest BCUT2D eigenvalue weighted by Gasteiger charge is -2.26. The number of hydrogen-bond acceptors (Lipinski definition) is 8. The van der Waals surface area contributed by atoms with Crippen molar-refractivity contribution < 1.29 is 13.9 Å². The van der Waals surface area contributed by atoms with Crippen LogP contribution in [-0.4, -0.2) is 47.3 Å². The van der Waals surface area contributed by atoms with Crippen molar-refractivity contribution in [3.63, 3.8) is 0 Å². The van der Waals surface area contributed by atoms with Gasteiger partial charge in [0.2, 0.25) is 5.95 Å². The minimum Gasteiger partial charge on any atom is -0.378 e. The molecule has 0 radical (unpaired) electrons. The fourth-order valence-electron chi connectivity index (χ4n) is 3.65. The maximum absolute atomic E-state index is 14.7. The van der Waals surface area contributed by atoms with E-state index in [0.29, 0.717) is 54.0 Å². The lowest BCUT2D eigenvalue weighted by atomic mass is 10.1. The molecule has 1 fully saturated rings. The molecule has 4 aromatic rings. The Kier molecular flexibility index (Phi) is 6.94. The molecule has 184 valence electrons. The van der Waals surface area contributed by atoms with Crippen LogP contribution < -0.4 is 21.3 Å². The number of urea groups is 1. The summed E-state index contributed by atoms with van der Waals surface area (Å²) in [6.45, 7) is 2.63. The van der Waals surface area contributed by atoms with Gasteiger partial charge in [-0.3, -0.25) is 0 Å². The number of morpholine rings is 1. The largest absolute Gasteiger partial charge is 0.378 e. The maximum atomic E-state index is 14.7. The van der Waals surface area contributed by atoms with Gasteiger partial charge in [0.25, 0.3) is 0 Å². The summed E-state index contributed by atoms with van der Waals surface area (Å²) in [5.74, 6) is -0.449. The van der Waals surface area contributed by atoms with Gasteiger partial charge in [-0.1, -0.05) is 29.0 Å². The van der Waals surface area contributed by atoms with Gasteiger partial charge in [0.1, 0.15) is 11.5 Å². The van der Waals surface area contributed by atoms with E-state index in [2.05, 4.69) is 25.5 Å². The molecule has 9 nitrogen and oxygen atoms in total. The summed E-state index contributed by atoms with van der Waals surface area (Å²) in [6.07, 6.45) is 1.56. The number of halogens is 2. The van der Waals surface area contributed by atoms with Gasteiger partial charge in [-0.15, -0.1) is 0 Å². The maximum Gasteiger partial charge on any atom is 0.323 e. The van der Waals surface area contributed by atoms with Gasteiger partial charge in [-0.25, -0.2) is 24.1 Å². The number of benzene rings is 2. The van der Waals surface area contributed by atoms with Crippen molar-refractivity contribution in [2.24, 2.45) is 0 Å². The SMILES string of the molecule is Nc1nccc(-c2nc(N3CCOCC3)sc2-c2ccc(F)c(NC(=O)Nc3ccc(Cl)cc3)c2)n1. The van der Waals surface area contributed by atoms with Gasteiger partial charge >= 0.3 is 6.03 Å². The first-order valence-corrected chi connectivity index (χ1v) is 12.2. The number of aromatic nitrogens is 3. The van der Waals surface area contributed by atoms with Gasteiger partial charge in [-0.2, -0.15) is 0 Å². The second-order valence-electron chi connectivity index (χ2n) is 7.85. The van der Waals surface area contributed by atoms with Crippen LogP contribution in [0.25, 0.3) is 21.8 Å². The van der Waals surface area contributed by atoms with E-state index in [1.807, 2.05) is 0 Å². The molecule has 2 amide bonds. The molecule has 0 atom stereocenters. The van der Waals surface area contributed by atoms with Crippen molar-refractivity contribution in [3.05, 3.63) is 65.6 Å². The summed E-state index contributed by atoms with van der Waals surface area (Å²) in [6, 6.07) is 12.3. The van der Waals surface area contributed by atoms with Gasteiger partial charge in [-0.05, 0) is 48.0 Å². The molecule has 4 N–H and O–H groups in total. The zero-order chi connectivity index (χ0) is 25.1. The number of rotatable bonds is 5. The smallest absolute Gasteiger partial charge is 0.323 e. The van der Waals surface area contributed by atoms with E-state index in [-0.39, 0.29) is 11.6 Å². The number of hydrogen-bond donors (Lipinski definition) is 3. The Hall–Kier alpha value is -3.80. The molecule has 36 heavy (non-hydrogen) atoms. The zero-order valence-electron chi connectivity index (χ0n) is 18.9. The first kappa shape index (κ1) is 23.9. The summed E-state index contributed by atoms with van der Waals surface area (Å²) in [5, 5.41) is 6.57. The molecule has 1 aliphatic rings. The number of nitrogen functional groups attached to an aromatic ring is 1. The third-order valence-corrected chi connectivity index (χ3v) is 6.81. The van der Waals surface area contributed by atoms with Gasteiger partial charge in [0.15, 0.2) is 5.13 Å². The predicted octanol–water partition coefficient (Wildman–Crippen LogP) is 5.12. The number of amides is 2. The Morgan fingerprint density at radius 1 is 1.08 bits per heavy atom. The topological polar surface area (TPSA) is 118 Å². The van der Waals surface area contributed by atoms with Crippen LogP contribution in [0.2, 0.25) is 5.02 Å². The van der Waals surface area contributed by atoms with Crippen molar-refractivity contribution in [1.82, 2.24) is 15.0 Å². The van der Waals surface area contributed by atoms with E-state index >= 15 is 0 Å². The Morgan fingerprint density at radius 3 is 2.61 bits per heavy atom. The van der Waals surface area contributed by atoms with Crippen LogP contribution in [0.1, 0.15) is 0 Å². The Bertz CT molecular complexity index is 1390. The van der Waals surface area contributed by atoms with Crippen molar-refractivity contribution in [2.75, 3.05) is 47.6 Å². The van der Waals surface area contributed by atoms with Gasteiger partial charge < -0.3 is 26.0 Å². The molecule has 2 aromatic carbocycles. The highest BCUT2D eigenvalue weighted by Gasteiger charge is 2.22. The lowest BCUT2D eigenvalue weighted by molar-refractivity contribution is 0.122. The normalized spacial score (nSPS) is 13.4. The first-order valence-electron chi connectivity index (χ1n) is 11.0. The van der Waals surface area contributed by atoms with Crippen LogP contribution >= 0.6 is 22.9 Å². The highest BCUT2D eigenvalue weighted by molar-refractivity contribution is 7.19. The summed E-state index contributed by atoms with van der Waals surface area (Å²) >= 11 is 7.34. The van der Waals surface area contributed by atoms with Crippen molar-refractivity contribution in [3.8, 4) is 21.8 Å². The highest BCUT2D eigenvalue weighted by atomic mass is 35.5. The monoisotopic (exact) mass is 525 g/mol. The van der Waals surface area contributed by atoms with E-state index in [1.165, 1.54) is 17.4 Å². The molecular formula is C24H21ClFN7O2S. The summed E-state index contributed by atoms with van der Waals surface area (Å²) in [5.41, 5.74) is 8.18. The number of nitrogens with zero attached hydrogens (tertiary/aromatic N) is 4. The van der Waals surface area contributed by atoms with E-state index in [0.717, 1.165) is 10.0 Å². The molecular weight excluding hydrogens is 505 g/mol. The molecule has 0 spiro atoms. The average molecular weight is 526 g/mol. The van der Waals surface area contributed by atoms with E-state index < -0.39 is 11.8 Å². The summed E-state index contributed by atoms with van der Waals surface area (Å²) in [4.78, 5) is 28.6. The number of nitrogens with one attached hydrogen (secondary N) is 2. The van der Waals surface area contributed by atoms with Crippen molar-refractivity contribution >= 4 is 51.4 Å². The fraction of sp³-hybridized carbons (Fsp3) is 0.167. The highest BCUT2D eigenvalue weighted by Crippen LogP contribution is 2.41. The van der Waals surface area contributed by atoms with Crippen LogP contribution in [0, 0.1) is 5.82 Å². The Labute approximate surface area is 215 Å². The predicted molar refractivity (Wildman–Crippen MR) is 140 cm³/mol. The fourth-order valence-corrected chi connectivity index (χ4v) is 4.90. The number of nitrogens with two attached hydrogens (primary N) is 1. The van der Waals surface area contributed by atoms with Crippen molar-refractivity contribution in [1.29, 1.82) is 0 Å². The number of carbonyl (C=O) groups excluding carboxylic acids is 1. The number of carbonyl (C=O) groups is 1. The molecule has 1 saturated heterocycles. The van der Waals surface area contributed by atoms with E-state index in [9.17, 15) is 9.18 Å². The van der Waals surface area contributed by atoms with Crippen LogP contribution in [0.4, 0.5) is 31.6 Å². The Balaban J connectivity index is 1.47. The molecule has 0 unspecified atom stereocenters. The van der Waals surface area contributed by atoms with E-state index in [1.54, 1.807) is 48.7 Å². The molecule has 0 aliphatic carbocycles. The molecule has 12 heteroatoms. The second kappa shape index (κ2) is 10.4. The summed E-state index contributed by atoms with van der Waals surface area (Å²) < 4.78 is 20.1. The standard InChI is InChI=1S/C24H21ClFN7O2S/c25-15-2-4-16(5-3-15)29-23(34)31-19-13-14(1-6-17(19)26)21-20(18-7-8-28-22(27)30-18)32-24(36-21)33-9-11-35-12-10-33/h1-8,13H,9-12H2,(H2,27,28,30)(H2,29,31,34). The van der Waals surface area contributed by atoms with Crippen molar-refractivity contribution in [2.45, 2.75) is 0 Å². The number of ether oxygens (including phenoxy) is 1.